The number of carbonyl (C=O) groups is 1. The maximum atomic E-state index is 13.0. The standard InChI is InChI=1S/C12H9F2NOS/c13-9-4-3-8(6-10(9)14)11-7-17-12(15-11)2-1-5-16/h3-7H,1-2H2. The second-order valence-corrected chi connectivity index (χ2v) is 4.40. The fourth-order valence-electron chi connectivity index (χ4n) is 1.40. The van der Waals surface area contributed by atoms with E-state index in [4.69, 9.17) is 0 Å². The average molecular weight is 253 g/mol. The van der Waals surface area contributed by atoms with Gasteiger partial charge in [-0.2, -0.15) is 0 Å². The summed E-state index contributed by atoms with van der Waals surface area (Å²) in [5.41, 5.74) is 1.15. The van der Waals surface area contributed by atoms with Crippen LogP contribution in [-0.2, 0) is 11.2 Å². The fraction of sp³-hybridized carbons (Fsp3) is 0.167. The highest BCUT2D eigenvalue weighted by Gasteiger charge is 2.08. The summed E-state index contributed by atoms with van der Waals surface area (Å²) in [6.45, 7) is 0. The fourth-order valence-corrected chi connectivity index (χ4v) is 2.22. The molecule has 2 nitrogen and oxygen atoms in total. The Morgan fingerprint density at radius 1 is 1.29 bits per heavy atom. The van der Waals surface area contributed by atoms with Crippen molar-refractivity contribution in [1.82, 2.24) is 4.98 Å². The van der Waals surface area contributed by atoms with Crippen molar-refractivity contribution in [1.29, 1.82) is 0 Å². The Balaban J connectivity index is 2.24. The minimum Gasteiger partial charge on any atom is -0.303 e. The molecule has 0 N–H and O–H groups in total. The zero-order chi connectivity index (χ0) is 12.3. The van der Waals surface area contributed by atoms with Crippen molar-refractivity contribution in [2.45, 2.75) is 12.8 Å². The molecule has 0 aliphatic carbocycles. The molecule has 1 aromatic carbocycles. The van der Waals surface area contributed by atoms with Crippen molar-refractivity contribution in [3.05, 3.63) is 40.2 Å². The van der Waals surface area contributed by atoms with Crippen LogP contribution in [0.4, 0.5) is 8.78 Å². The normalized spacial score (nSPS) is 10.5. The molecular weight excluding hydrogens is 244 g/mol. The van der Waals surface area contributed by atoms with Crippen molar-refractivity contribution in [2.24, 2.45) is 0 Å². The van der Waals surface area contributed by atoms with Crippen molar-refractivity contribution in [2.75, 3.05) is 0 Å². The van der Waals surface area contributed by atoms with Crippen LogP contribution in [0, 0.1) is 11.6 Å². The summed E-state index contributed by atoms with van der Waals surface area (Å²) >= 11 is 1.41. The molecule has 0 bridgehead atoms. The van der Waals surface area contributed by atoms with Crippen LogP contribution in [0.15, 0.2) is 23.6 Å². The van der Waals surface area contributed by atoms with Gasteiger partial charge in [0.15, 0.2) is 11.6 Å². The summed E-state index contributed by atoms with van der Waals surface area (Å²) in [6, 6.07) is 3.68. The minimum atomic E-state index is -0.884. The van der Waals surface area contributed by atoms with E-state index in [2.05, 4.69) is 4.98 Å². The second kappa shape index (κ2) is 5.14. The van der Waals surface area contributed by atoms with E-state index in [9.17, 15) is 13.6 Å². The highest BCUT2D eigenvalue weighted by molar-refractivity contribution is 7.09. The van der Waals surface area contributed by atoms with E-state index in [0.29, 0.717) is 24.1 Å². The number of carbonyl (C=O) groups excluding carboxylic acids is 1. The van der Waals surface area contributed by atoms with Gasteiger partial charge in [-0.1, -0.05) is 0 Å². The van der Waals surface area contributed by atoms with Gasteiger partial charge >= 0.3 is 0 Å². The van der Waals surface area contributed by atoms with Gasteiger partial charge in [-0.3, -0.25) is 0 Å². The van der Waals surface area contributed by atoms with Gasteiger partial charge in [0.1, 0.15) is 6.29 Å². The predicted molar refractivity (Wildman–Crippen MR) is 61.9 cm³/mol. The predicted octanol–water partition coefficient (Wildman–Crippen LogP) is 3.22. The topological polar surface area (TPSA) is 30.0 Å². The van der Waals surface area contributed by atoms with Crippen molar-refractivity contribution >= 4 is 17.6 Å². The Hall–Kier alpha value is -1.62. The molecule has 17 heavy (non-hydrogen) atoms. The third kappa shape index (κ3) is 2.74. The number of aromatic nitrogens is 1. The highest BCUT2D eigenvalue weighted by Crippen LogP contribution is 2.23. The van der Waals surface area contributed by atoms with Gasteiger partial charge in [-0.05, 0) is 18.2 Å². The van der Waals surface area contributed by atoms with Crippen LogP contribution in [0.2, 0.25) is 0 Å². The molecule has 0 saturated carbocycles. The molecule has 0 amide bonds. The number of nitrogens with zero attached hydrogens (tertiary/aromatic N) is 1. The molecule has 0 unspecified atom stereocenters. The summed E-state index contributed by atoms with van der Waals surface area (Å²) in [5, 5.41) is 2.59. The molecule has 2 rings (SSSR count). The number of rotatable bonds is 4. The van der Waals surface area contributed by atoms with Gasteiger partial charge in [0, 0.05) is 23.8 Å². The number of halogens is 2. The molecule has 5 heteroatoms. The van der Waals surface area contributed by atoms with Crippen LogP contribution >= 0.6 is 11.3 Å². The lowest BCUT2D eigenvalue weighted by molar-refractivity contribution is -0.107. The van der Waals surface area contributed by atoms with E-state index in [0.717, 1.165) is 23.4 Å². The van der Waals surface area contributed by atoms with Crippen LogP contribution in [-0.4, -0.2) is 11.3 Å². The van der Waals surface area contributed by atoms with Gasteiger partial charge in [0.2, 0.25) is 0 Å². The average Bonchev–Trinajstić information content (AvgIpc) is 2.79. The van der Waals surface area contributed by atoms with Gasteiger partial charge in [0.05, 0.1) is 10.7 Å². The first kappa shape index (κ1) is 11.9. The largest absolute Gasteiger partial charge is 0.303 e. The zero-order valence-corrected chi connectivity index (χ0v) is 9.64. The lowest BCUT2D eigenvalue weighted by Gasteiger charge is -1.97. The maximum absolute atomic E-state index is 13.0. The van der Waals surface area contributed by atoms with E-state index in [1.165, 1.54) is 17.4 Å². The van der Waals surface area contributed by atoms with Crippen LogP contribution < -0.4 is 0 Å². The van der Waals surface area contributed by atoms with Gasteiger partial charge in [-0.25, -0.2) is 13.8 Å². The third-order valence-electron chi connectivity index (χ3n) is 2.24. The van der Waals surface area contributed by atoms with Crippen molar-refractivity contribution < 1.29 is 13.6 Å². The Morgan fingerprint density at radius 2 is 2.12 bits per heavy atom. The summed E-state index contributed by atoms with van der Waals surface area (Å²) < 4.78 is 25.8. The van der Waals surface area contributed by atoms with E-state index in [-0.39, 0.29) is 0 Å². The number of hydrogen-bond donors (Lipinski definition) is 0. The molecule has 0 saturated heterocycles. The van der Waals surface area contributed by atoms with E-state index >= 15 is 0 Å². The SMILES string of the molecule is O=CCCc1nc(-c2ccc(F)c(F)c2)cs1. The van der Waals surface area contributed by atoms with Crippen LogP contribution in [0.3, 0.4) is 0 Å². The van der Waals surface area contributed by atoms with Crippen LogP contribution in [0.25, 0.3) is 11.3 Å². The number of aryl methyl sites for hydroxylation is 1. The monoisotopic (exact) mass is 253 g/mol. The maximum Gasteiger partial charge on any atom is 0.159 e. The molecule has 1 heterocycles. The van der Waals surface area contributed by atoms with Crippen LogP contribution in [0.5, 0.6) is 0 Å². The molecule has 0 radical (unpaired) electrons. The van der Waals surface area contributed by atoms with Crippen LogP contribution in [0.1, 0.15) is 11.4 Å². The second-order valence-electron chi connectivity index (χ2n) is 3.46. The Morgan fingerprint density at radius 3 is 2.82 bits per heavy atom. The molecule has 0 spiro atoms. The first-order valence-electron chi connectivity index (χ1n) is 5.04. The lowest BCUT2D eigenvalue weighted by Crippen LogP contribution is -1.87. The summed E-state index contributed by atoms with van der Waals surface area (Å²) in [4.78, 5) is 14.5. The number of aldehydes is 1. The van der Waals surface area contributed by atoms with Crippen molar-refractivity contribution in [3.63, 3.8) is 0 Å². The van der Waals surface area contributed by atoms with E-state index in [1.54, 1.807) is 5.38 Å². The Kier molecular flexibility index (Phi) is 3.58. The smallest absolute Gasteiger partial charge is 0.159 e. The third-order valence-corrected chi connectivity index (χ3v) is 3.15. The zero-order valence-electron chi connectivity index (χ0n) is 8.82. The molecular formula is C12H9F2NOS. The molecule has 0 aliphatic rings. The molecule has 88 valence electrons. The van der Waals surface area contributed by atoms with E-state index in [1.807, 2.05) is 0 Å². The molecule has 2 aromatic rings. The molecule has 1 aromatic heterocycles. The van der Waals surface area contributed by atoms with Gasteiger partial charge in [-0.15, -0.1) is 11.3 Å². The first-order chi connectivity index (χ1) is 8.20. The number of hydrogen-bond acceptors (Lipinski definition) is 3. The Bertz CT molecular complexity index is 539. The molecule has 0 fully saturated rings. The van der Waals surface area contributed by atoms with Crippen molar-refractivity contribution in [3.8, 4) is 11.3 Å². The summed E-state index contributed by atoms with van der Waals surface area (Å²) in [7, 11) is 0. The molecule has 0 atom stereocenters. The summed E-state index contributed by atoms with van der Waals surface area (Å²) in [5.74, 6) is -1.75. The molecule has 0 aliphatic heterocycles. The number of benzene rings is 1. The summed E-state index contributed by atoms with van der Waals surface area (Å²) in [6.07, 6.45) is 1.83. The minimum absolute atomic E-state index is 0.421. The Labute approximate surface area is 101 Å². The number of thiazole rings is 1. The lowest BCUT2D eigenvalue weighted by atomic mass is 10.1. The highest BCUT2D eigenvalue weighted by atomic mass is 32.1. The first-order valence-corrected chi connectivity index (χ1v) is 5.92. The van der Waals surface area contributed by atoms with Gasteiger partial charge in [0.25, 0.3) is 0 Å². The quantitative estimate of drug-likeness (QED) is 0.783. The van der Waals surface area contributed by atoms with E-state index < -0.39 is 11.6 Å². The van der Waals surface area contributed by atoms with Gasteiger partial charge < -0.3 is 4.79 Å².